The molecule has 0 fully saturated rings. The zero-order valence-electron chi connectivity index (χ0n) is 11.2. The van der Waals surface area contributed by atoms with Crippen molar-refractivity contribution in [2.75, 3.05) is 0 Å². The zero-order chi connectivity index (χ0) is 15.0. The lowest BCUT2D eigenvalue weighted by Crippen LogP contribution is -2.37. The number of ether oxygens (including phenoxy) is 1. The normalized spacial score (nSPS) is 12.4. The maximum atomic E-state index is 12.4. The summed E-state index contributed by atoms with van der Waals surface area (Å²) in [5, 5.41) is 11.5. The van der Waals surface area contributed by atoms with Gasteiger partial charge in [0, 0.05) is 0 Å². The first-order valence-electron chi connectivity index (χ1n) is 6.39. The first-order chi connectivity index (χ1) is 10.1. The lowest BCUT2D eigenvalue weighted by atomic mass is 10.1. The van der Waals surface area contributed by atoms with Crippen LogP contribution in [0.15, 0.2) is 51.7 Å². The van der Waals surface area contributed by atoms with Gasteiger partial charge in [-0.1, -0.05) is 12.1 Å². The largest absolute Gasteiger partial charge is 0.546 e. The Morgan fingerprint density at radius 1 is 1.14 bits per heavy atom. The van der Waals surface area contributed by atoms with Gasteiger partial charge in [0.15, 0.2) is 0 Å². The Morgan fingerprint density at radius 2 is 1.86 bits per heavy atom. The molecule has 0 bridgehead atoms. The molecule has 1 heterocycles. The van der Waals surface area contributed by atoms with Crippen LogP contribution in [-0.2, 0) is 4.79 Å². The van der Waals surface area contributed by atoms with Crippen LogP contribution in [-0.4, -0.2) is 12.1 Å². The molecule has 0 N–H and O–H groups in total. The summed E-state index contributed by atoms with van der Waals surface area (Å²) >= 11 is 0. The molecule has 0 aliphatic rings. The molecule has 5 nitrogen and oxygen atoms in total. The topological polar surface area (TPSA) is 79.6 Å². The summed E-state index contributed by atoms with van der Waals surface area (Å²) < 4.78 is 10.9. The minimum atomic E-state index is -1.32. The maximum absolute atomic E-state index is 12.4. The van der Waals surface area contributed by atoms with Gasteiger partial charge in [-0.05, 0) is 37.3 Å². The quantitative estimate of drug-likeness (QED) is 0.680. The van der Waals surface area contributed by atoms with E-state index in [2.05, 4.69) is 0 Å². The summed E-state index contributed by atoms with van der Waals surface area (Å²) in [5.74, 6) is -1.04. The van der Waals surface area contributed by atoms with Crippen LogP contribution in [0.5, 0.6) is 5.75 Å². The highest BCUT2D eigenvalue weighted by atomic mass is 16.5. The molecule has 0 unspecified atom stereocenters. The highest BCUT2D eigenvalue weighted by molar-refractivity contribution is 5.90. The molecule has 106 valence electrons. The molecule has 1 atom stereocenters. The van der Waals surface area contributed by atoms with E-state index in [0.29, 0.717) is 21.9 Å². The van der Waals surface area contributed by atoms with E-state index in [1.54, 1.807) is 36.4 Å². The Hall–Kier alpha value is -2.82. The van der Waals surface area contributed by atoms with Crippen molar-refractivity contribution in [1.29, 1.82) is 0 Å². The molecule has 3 rings (SSSR count). The van der Waals surface area contributed by atoms with Gasteiger partial charge in [0.05, 0.1) is 16.7 Å². The van der Waals surface area contributed by atoms with Crippen molar-refractivity contribution < 1.29 is 19.1 Å². The molecule has 2 aromatic carbocycles. The molecular formula is C16H11O5-. The SMILES string of the molecule is C[C@@H](Oc1ccc2oc3ccccc3c(=O)c2c1)C(=O)[O-]. The molecule has 21 heavy (non-hydrogen) atoms. The Bertz CT molecular complexity index is 894. The number of carbonyl (C=O) groups excluding carboxylic acids is 1. The van der Waals surface area contributed by atoms with E-state index in [4.69, 9.17) is 9.15 Å². The highest BCUT2D eigenvalue weighted by Crippen LogP contribution is 2.23. The summed E-state index contributed by atoms with van der Waals surface area (Å²) in [6.07, 6.45) is -1.10. The highest BCUT2D eigenvalue weighted by Gasteiger charge is 2.10. The summed E-state index contributed by atoms with van der Waals surface area (Å²) in [4.78, 5) is 23.1. The van der Waals surface area contributed by atoms with Gasteiger partial charge in [-0.25, -0.2) is 0 Å². The first kappa shape index (κ1) is 13.2. The number of carboxylic acids is 1. The summed E-state index contributed by atoms with van der Waals surface area (Å²) in [6.45, 7) is 1.36. The number of aliphatic carboxylic acids is 1. The maximum Gasteiger partial charge on any atom is 0.200 e. The van der Waals surface area contributed by atoms with Crippen LogP contribution in [0.1, 0.15) is 6.92 Å². The van der Waals surface area contributed by atoms with Crippen LogP contribution in [0.3, 0.4) is 0 Å². The van der Waals surface area contributed by atoms with Crippen molar-refractivity contribution in [2.45, 2.75) is 13.0 Å². The van der Waals surface area contributed by atoms with Crippen LogP contribution < -0.4 is 15.3 Å². The number of rotatable bonds is 3. The fourth-order valence-electron chi connectivity index (χ4n) is 2.11. The van der Waals surface area contributed by atoms with Gasteiger partial charge in [0.1, 0.15) is 23.0 Å². The molecule has 0 saturated heterocycles. The smallest absolute Gasteiger partial charge is 0.200 e. The third-order valence-corrected chi connectivity index (χ3v) is 3.19. The van der Waals surface area contributed by atoms with E-state index in [-0.39, 0.29) is 11.2 Å². The number of hydrogen-bond acceptors (Lipinski definition) is 5. The fourth-order valence-corrected chi connectivity index (χ4v) is 2.11. The second kappa shape index (κ2) is 4.94. The van der Waals surface area contributed by atoms with Gasteiger partial charge in [-0.15, -0.1) is 0 Å². The van der Waals surface area contributed by atoms with E-state index in [1.165, 1.54) is 13.0 Å². The first-order valence-corrected chi connectivity index (χ1v) is 6.39. The van der Waals surface area contributed by atoms with Gasteiger partial charge in [-0.2, -0.15) is 0 Å². The Morgan fingerprint density at radius 3 is 2.62 bits per heavy atom. The van der Waals surface area contributed by atoms with Gasteiger partial charge < -0.3 is 19.1 Å². The predicted molar refractivity (Wildman–Crippen MR) is 75.1 cm³/mol. The van der Waals surface area contributed by atoms with E-state index < -0.39 is 12.1 Å². The van der Waals surface area contributed by atoms with E-state index in [9.17, 15) is 14.7 Å². The zero-order valence-corrected chi connectivity index (χ0v) is 11.2. The van der Waals surface area contributed by atoms with Crippen LogP contribution in [0.2, 0.25) is 0 Å². The third kappa shape index (κ3) is 2.33. The molecule has 0 spiro atoms. The van der Waals surface area contributed by atoms with Crippen LogP contribution in [0.25, 0.3) is 21.9 Å². The molecular weight excluding hydrogens is 272 g/mol. The molecule has 0 aliphatic carbocycles. The van der Waals surface area contributed by atoms with Crippen molar-refractivity contribution in [3.63, 3.8) is 0 Å². The fraction of sp³-hybridized carbons (Fsp3) is 0.125. The molecule has 1 aromatic heterocycles. The van der Waals surface area contributed by atoms with Crippen LogP contribution >= 0.6 is 0 Å². The standard InChI is InChI=1S/C16H12O5/c1-9(16(18)19)20-10-6-7-14-12(8-10)15(17)11-4-2-3-5-13(11)21-14/h2-9H,1H3,(H,18,19)/p-1/t9-/m1/s1. The molecule has 0 saturated carbocycles. The van der Waals surface area contributed by atoms with E-state index >= 15 is 0 Å². The van der Waals surface area contributed by atoms with Crippen molar-refractivity contribution in [3.05, 3.63) is 52.7 Å². The third-order valence-electron chi connectivity index (χ3n) is 3.19. The van der Waals surface area contributed by atoms with Crippen molar-refractivity contribution in [2.24, 2.45) is 0 Å². The number of para-hydroxylation sites is 1. The van der Waals surface area contributed by atoms with Gasteiger partial charge in [-0.3, -0.25) is 4.79 Å². The Labute approximate surface area is 119 Å². The summed E-state index contributed by atoms with van der Waals surface area (Å²) in [5.41, 5.74) is 0.748. The van der Waals surface area contributed by atoms with Gasteiger partial charge >= 0.3 is 0 Å². The monoisotopic (exact) mass is 283 g/mol. The lowest BCUT2D eigenvalue weighted by molar-refractivity contribution is -0.312. The lowest BCUT2D eigenvalue weighted by Gasteiger charge is -2.15. The Kier molecular flexibility index (Phi) is 3.10. The molecule has 0 aliphatic heterocycles. The van der Waals surface area contributed by atoms with Crippen LogP contribution in [0.4, 0.5) is 0 Å². The number of fused-ring (bicyclic) bond motifs is 2. The average molecular weight is 283 g/mol. The second-order valence-corrected chi connectivity index (χ2v) is 4.66. The number of benzene rings is 2. The van der Waals surface area contributed by atoms with Crippen LogP contribution in [0, 0.1) is 0 Å². The Balaban J connectivity index is 2.17. The second-order valence-electron chi connectivity index (χ2n) is 4.66. The molecule has 0 radical (unpaired) electrons. The summed E-state index contributed by atoms with van der Waals surface area (Å²) in [6, 6.07) is 11.6. The number of carboxylic acid groups (broad SMARTS) is 1. The number of hydrogen-bond donors (Lipinski definition) is 0. The average Bonchev–Trinajstić information content (AvgIpc) is 2.48. The molecule has 0 amide bonds. The van der Waals surface area contributed by atoms with E-state index in [0.717, 1.165) is 0 Å². The molecule has 5 heteroatoms. The summed E-state index contributed by atoms with van der Waals surface area (Å²) in [7, 11) is 0. The van der Waals surface area contributed by atoms with Gasteiger partial charge in [0.2, 0.25) is 5.43 Å². The van der Waals surface area contributed by atoms with E-state index in [1.807, 2.05) is 0 Å². The predicted octanol–water partition coefficient (Wildman–Crippen LogP) is 1.46. The van der Waals surface area contributed by atoms with Crippen molar-refractivity contribution in [3.8, 4) is 5.75 Å². The van der Waals surface area contributed by atoms with Gasteiger partial charge in [0.25, 0.3) is 0 Å². The minimum Gasteiger partial charge on any atom is -0.546 e. The van der Waals surface area contributed by atoms with Crippen molar-refractivity contribution >= 4 is 27.9 Å². The number of carbonyl (C=O) groups is 1. The minimum absolute atomic E-state index is 0.182. The van der Waals surface area contributed by atoms with Crippen molar-refractivity contribution in [1.82, 2.24) is 0 Å². The molecule has 3 aromatic rings.